The molecule has 1 aliphatic heterocycles. The van der Waals surface area contributed by atoms with Gasteiger partial charge in [-0.3, -0.25) is 0 Å². The lowest BCUT2D eigenvalue weighted by molar-refractivity contribution is 0.0705. The molecule has 0 atom stereocenters. The molecule has 0 unspecified atom stereocenters. The summed E-state index contributed by atoms with van der Waals surface area (Å²) < 4.78 is 51.6. The van der Waals surface area contributed by atoms with E-state index in [0.29, 0.717) is 26.4 Å². The molecular formula is C62H58O8S2+2. The van der Waals surface area contributed by atoms with Crippen molar-refractivity contribution >= 4 is 66.6 Å². The van der Waals surface area contributed by atoms with E-state index in [-0.39, 0.29) is 10.8 Å². The van der Waals surface area contributed by atoms with Crippen LogP contribution in [0.15, 0.2) is 154 Å². The molecule has 11 rings (SSSR count). The molecule has 10 heteroatoms. The van der Waals surface area contributed by atoms with Crippen molar-refractivity contribution in [3.05, 3.63) is 146 Å². The van der Waals surface area contributed by atoms with Gasteiger partial charge < -0.3 is 28.4 Å². The van der Waals surface area contributed by atoms with Crippen molar-refractivity contribution < 1.29 is 37.3 Å². The van der Waals surface area contributed by atoms with Crippen molar-refractivity contribution in [3.63, 3.8) is 0 Å². The average molecular weight is 995 g/mol. The third-order valence-electron chi connectivity index (χ3n) is 15.0. The Kier molecular flexibility index (Phi) is 13.0. The van der Waals surface area contributed by atoms with Crippen molar-refractivity contribution in [2.45, 2.75) is 53.4 Å². The van der Waals surface area contributed by atoms with Gasteiger partial charge in [0.15, 0.2) is 0 Å². The minimum absolute atomic E-state index is 0.274. The predicted octanol–water partition coefficient (Wildman–Crippen LogP) is 17.7. The molecule has 8 nitrogen and oxygen atoms in total. The first kappa shape index (κ1) is 47.2. The summed E-state index contributed by atoms with van der Waals surface area (Å²) in [6.07, 6.45) is 3.43. The van der Waals surface area contributed by atoms with Crippen LogP contribution in [0.5, 0.6) is 34.5 Å². The molecule has 0 saturated carbocycles. The highest BCUT2D eigenvalue weighted by Crippen LogP contribution is 2.46. The summed E-state index contributed by atoms with van der Waals surface area (Å²) in [4.78, 5) is 4.61. The maximum Gasteiger partial charge on any atom is 0.365 e. The monoisotopic (exact) mass is 994 g/mol. The number of ether oxygens (including phenoxy) is 6. The predicted molar refractivity (Wildman–Crippen MR) is 295 cm³/mol. The zero-order valence-electron chi connectivity index (χ0n) is 41.6. The van der Waals surface area contributed by atoms with Crippen molar-refractivity contribution in [3.8, 4) is 76.3 Å². The number of thiophene rings is 2. The SMILES string of the molecule is CCC1(CC)COc2ccc3c(-c4ccc(-c5ccc(OC)cc5)s4)c4ccc(cc4[o+]c3c2)OCC(CC)(CC)COc2ccc3c(-c4ccc(-c5ccc(OC)cc5)s4)c4ccc(cc4[o+]c3c2)OC1. The minimum atomic E-state index is -0.274. The molecule has 72 heavy (non-hydrogen) atoms. The molecule has 6 aromatic carbocycles. The van der Waals surface area contributed by atoms with Crippen LogP contribution >= 0.6 is 22.7 Å². The second kappa shape index (κ2) is 19.8. The molecule has 0 radical (unpaired) electrons. The van der Waals surface area contributed by atoms with Crippen molar-refractivity contribution in [1.29, 1.82) is 0 Å². The van der Waals surface area contributed by atoms with Crippen molar-refractivity contribution in [2.75, 3.05) is 40.6 Å². The number of methoxy groups -OCH3 is 2. The van der Waals surface area contributed by atoms with E-state index in [9.17, 15) is 0 Å². The van der Waals surface area contributed by atoms with Gasteiger partial charge in [0.25, 0.3) is 0 Å². The summed E-state index contributed by atoms with van der Waals surface area (Å²) >= 11 is 3.52. The Hall–Kier alpha value is -7.14. The molecule has 364 valence electrons. The highest BCUT2D eigenvalue weighted by Gasteiger charge is 2.33. The zero-order valence-corrected chi connectivity index (χ0v) is 43.2. The van der Waals surface area contributed by atoms with Crippen LogP contribution in [0.1, 0.15) is 53.4 Å². The van der Waals surface area contributed by atoms with Gasteiger partial charge in [0.2, 0.25) is 0 Å². The fourth-order valence-electron chi connectivity index (χ4n) is 9.70. The van der Waals surface area contributed by atoms with Gasteiger partial charge in [-0.25, -0.2) is 8.83 Å². The fourth-order valence-corrected chi connectivity index (χ4v) is 11.9. The second-order valence-corrected chi connectivity index (χ2v) is 21.1. The highest BCUT2D eigenvalue weighted by molar-refractivity contribution is 7.19. The summed E-state index contributed by atoms with van der Waals surface area (Å²) in [5.74, 6) is 4.60. The average Bonchev–Trinajstić information content (AvgIpc) is 4.13. The summed E-state index contributed by atoms with van der Waals surface area (Å²) in [6, 6.07) is 50.1. The van der Waals surface area contributed by atoms with Crippen LogP contribution < -0.4 is 28.4 Å². The first-order chi connectivity index (χ1) is 35.2. The van der Waals surface area contributed by atoms with E-state index < -0.39 is 0 Å². The Bertz CT molecular complexity index is 3190. The number of rotatable bonds is 10. The maximum atomic E-state index is 6.85. The van der Waals surface area contributed by atoms with Crippen LogP contribution in [0.4, 0.5) is 0 Å². The molecule has 10 aromatic rings. The molecule has 5 heterocycles. The molecule has 0 N–H and O–H groups in total. The Labute approximate surface area is 428 Å². The normalized spacial score (nSPS) is 14.6. The lowest BCUT2D eigenvalue weighted by Gasteiger charge is -2.31. The Balaban J connectivity index is 0.992. The Morgan fingerprint density at radius 3 is 0.958 bits per heavy atom. The molecule has 0 fully saturated rings. The summed E-state index contributed by atoms with van der Waals surface area (Å²) in [5, 5.41) is 4.02. The third kappa shape index (κ3) is 9.07. The zero-order chi connectivity index (χ0) is 49.4. The number of hydrogen-bond donors (Lipinski definition) is 0. The standard InChI is InChI=1S/C62H58O8S2/c1-7-61(8-2)35-65-43-19-23-47-51(31-43)69-53-33-45(21-25-49(53)59(47)57-29-27-55(71-57)39-11-15-41(63-5)16-12-39)67-37-62(9-3,10-4)38-68-46-22-26-50-54(34-46)70-52-32-44(66-36-61)20-24-48(52)60(50)58-30-28-56(72-58)40-13-17-42(64-6)18-14-40/h11-34H,7-10,35-38H2,1-6H3/q+2. The molecule has 0 spiro atoms. The van der Waals surface area contributed by atoms with Gasteiger partial charge in [-0.1, -0.05) is 27.7 Å². The van der Waals surface area contributed by atoms with Gasteiger partial charge in [-0.15, -0.1) is 22.7 Å². The molecule has 0 saturated heterocycles. The fraction of sp³-hybridized carbons (Fsp3) is 0.258. The van der Waals surface area contributed by atoms with Crippen LogP contribution in [0.3, 0.4) is 0 Å². The van der Waals surface area contributed by atoms with Crippen LogP contribution in [-0.2, 0) is 0 Å². The van der Waals surface area contributed by atoms with Gasteiger partial charge in [0.1, 0.15) is 34.5 Å². The first-order valence-corrected chi connectivity index (χ1v) is 26.5. The largest absolute Gasteiger partial charge is 0.497 e. The van der Waals surface area contributed by atoms with Gasteiger partial charge in [0, 0.05) is 41.5 Å². The van der Waals surface area contributed by atoms with E-state index in [4.69, 9.17) is 37.3 Å². The van der Waals surface area contributed by atoms with Crippen molar-refractivity contribution in [1.82, 2.24) is 0 Å². The molecule has 8 bridgehead atoms. The molecule has 1 aliphatic rings. The molecule has 0 aliphatic carbocycles. The highest BCUT2D eigenvalue weighted by atomic mass is 32.1. The van der Waals surface area contributed by atoms with Crippen LogP contribution in [0, 0.1) is 10.8 Å². The van der Waals surface area contributed by atoms with Gasteiger partial charge in [0.05, 0.1) is 86.5 Å². The lowest BCUT2D eigenvalue weighted by atomic mass is 9.84. The van der Waals surface area contributed by atoms with E-state index in [1.807, 2.05) is 48.5 Å². The Morgan fingerprint density at radius 1 is 0.389 bits per heavy atom. The summed E-state index contributed by atoms with van der Waals surface area (Å²) in [6.45, 7) is 10.7. The van der Waals surface area contributed by atoms with Crippen molar-refractivity contribution in [2.24, 2.45) is 10.8 Å². The topological polar surface area (TPSA) is 78.0 Å². The number of hydrogen-bond acceptors (Lipinski definition) is 8. The van der Waals surface area contributed by atoms with E-state index in [1.54, 1.807) is 36.9 Å². The van der Waals surface area contributed by atoms with E-state index in [2.05, 4.69) is 125 Å². The van der Waals surface area contributed by atoms with Gasteiger partial charge in [-0.05, 0) is 158 Å². The van der Waals surface area contributed by atoms with E-state index >= 15 is 0 Å². The quantitative estimate of drug-likeness (QED) is 0.0991. The molecule has 4 aromatic heterocycles. The van der Waals surface area contributed by atoms with E-state index in [0.717, 1.165) is 136 Å². The summed E-state index contributed by atoms with van der Waals surface area (Å²) in [7, 11) is 3.38. The number of benzene rings is 6. The molecular weight excluding hydrogens is 937 g/mol. The van der Waals surface area contributed by atoms with Gasteiger partial charge >= 0.3 is 22.3 Å². The van der Waals surface area contributed by atoms with Gasteiger partial charge in [-0.2, -0.15) is 0 Å². The first-order valence-electron chi connectivity index (χ1n) is 24.9. The van der Waals surface area contributed by atoms with Crippen LogP contribution in [-0.4, -0.2) is 40.6 Å². The Morgan fingerprint density at radius 2 is 0.681 bits per heavy atom. The number of fused-ring (bicyclic) bond motifs is 4. The van der Waals surface area contributed by atoms with Crippen LogP contribution in [0.25, 0.3) is 85.6 Å². The minimum Gasteiger partial charge on any atom is -0.497 e. The summed E-state index contributed by atoms with van der Waals surface area (Å²) in [5.41, 5.74) is 6.87. The van der Waals surface area contributed by atoms with E-state index in [1.165, 1.54) is 9.75 Å². The maximum absolute atomic E-state index is 6.85. The van der Waals surface area contributed by atoms with Crippen LogP contribution in [0.2, 0.25) is 0 Å². The lowest BCUT2D eigenvalue weighted by Crippen LogP contribution is -2.34. The second-order valence-electron chi connectivity index (χ2n) is 18.9. The molecule has 0 amide bonds. The smallest absolute Gasteiger partial charge is 0.365 e. The third-order valence-corrected chi connectivity index (χ3v) is 17.3.